The normalized spacial score (nSPS) is 11.2. The van der Waals surface area contributed by atoms with Crippen LogP contribution < -0.4 is 9.46 Å². The number of benzene rings is 2. The van der Waals surface area contributed by atoms with Crippen LogP contribution in [0.5, 0.6) is 5.75 Å². The summed E-state index contributed by atoms with van der Waals surface area (Å²) in [4.78, 5) is 0.163. The summed E-state index contributed by atoms with van der Waals surface area (Å²) in [6, 6.07) is 11.3. The van der Waals surface area contributed by atoms with Crippen molar-refractivity contribution in [3.05, 3.63) is 53.1 Å². The van der Waals surface area contributed by atoms with Gasteiger partial charge in [0.2, 0.25) is 0 Å². The molecule has 0 atom stereocenters. The van der Waals surface area contributed by atoms with E-state index >= 15 is 0 Å². The Morgan fingerprint density at radius 1 is 1.15 bits per heavy atom. The molecule has 2 aromatic rings. The maximum absolute atomic E-state index is 12.3. The Morgan fingerprint density at radius 3 is 2.45 bits per heavy atom. The zero-order chi connectivity index (χ0) is 14.8. The number of sulfonamides is 1. The summed E-state index contributed by atoms with van der Waals surface area (Å²) < 4.78 is 32.2. The lowest BCUT2D eigenvalue weighted by atomic mass is 10.2. The van der Waals surface area contributed by atoms with E-state index in [1.807, 2.05) is 0 Å². The van der Waals surface area contributed by atoms with E-state index in [0.717, 1.165) is 5.56 Å². The largest absolute Gasteiger partial charge is 0.496 e. The number of hydrogen-bond acceptors (Lipinski definition) is 3. The molecule has 0 unspecified atom stereocenters. The monoisotopic (exact) mass is 311 g/mol. The fourth-order valence-corrected chi connectivity index (χ4v) is 3.17. The van der Waals surface area contributed by atoms with Crippen LogP contribution in [-0.4, -0.2) is 15.5 Å². The summed E-state index contributed by atoms with van der Waals surface area (Å²) >= 11 is 5.95. The maximum atomic E-state index is 12.3. The molecule has 2 aromatic carbocycles. The van der Waals surface area contributed by atoms with Crippen LogP contribution in [0.15, 0.2) is 47.4 Å². The van der Waals surface area contributed by atoms with Crippen molar-refractivity contribution >= 4 is 27.3 Å². The zero-order valence-electron chi connectivity index (χ0n) is 11.1. The molecule has 0 bridgehead atoms. The molecule has 0 radical (unpaired) electrons. The van der Waals surface area contributed by atoms with E-state index in [0.29, 0.717) is 16.5 Å². The third-order valence-corrected chi connectivity index (χ3v) is 4.49. The number of anilines is 1. The van der Waals surface area contributed by atoms with Gasteiger partial charge in [-0.05, 0) is 42.8 Å². The second kappa shape index (κ2) is 5.73. The Hall–Kier alpha value is -1.72. The van der Waals surface area contributed by atoms with Crippen molar-refractivity contribution < 1.29 is 13.2 Å². The zero-order valence-corrected chi connectivity index (χ0v) is 12.6. The Bertz CT molecular complexity index is 729. The molecule has 0 aliphatic rings. The molecule has 2 rings (SSSR count). The molecule has 0 amide bonds. The Labute approximate surface area is 123 Å². The van der Waals surface area contributed by atoms with Crippen molar-refractivity contribution in [1.82, 2.24) is 0 Å². The number of aryl methyl sites for hydroxylation is 1. The van der Waals surface area contributed by atoms with Crippen LogP contribution in [0.25, 0.3) is 0 Å². The van der Waals surface area contributed by atoms with Gasteiger partial charge in [-0.1, -0.05) is 23.7 Å². The molecule has 0 aliphatic heterocycles. The van der Waals surface area contributed by atoms with Gasteiger partial charge in [-0.25, -0.2) is 8.42 Å². The van der Waals surface area contributed by atoms with E-state index in [4.69, 9.17) is 16.3 Å². The fraction of sp³-hybridized carbons (Fsp3) is 0.143. The Balaban J connectivity index is 2.36. The van der Waals surface area contributed by atoms with Crippen LogP contribution in [0.2, 0.25) is 5.02 Å². The number of para-hydroxylation sites is 1. The third kappa shape index (κ3) is 3.05. The van der Waals surface area contributed by atoms with E-state index in [-0.39, 0.29) is 4.90 Å². The summed E-state index contributed by atoms with van der Waals surface area (Å²) in [5.41, 5.74) is 1.09. The summed E-state index contributed by atoms with van der Waals surface area (Å²) in [6.45, 7) is 1.79. The van der Waals surface area contributed by atoms with E-state index in [1.54, 1.807) is 50.4 Å². The standard InChI is InChI=1S/C14H14ClNO3S/c1-10-9-11(7-8-14(10)19-2)20(17,18)16-13-6-4-3-5-12(13)15/h3-9,16H,1-2H3. The fourth-order valence-electron chi connectivity index (χ4n) is 1.77. The SMILES string of the molecule is COc1ccc(S(=O)(=O)Nc2ccccc2Cl)cc1C. The van der Waals surface area contributed by atoms with Crippen LogP contribution >= 0.6 is 11.6 Å². The third-order valence-electron chi connectivity index (χ3n) is 2.79. The second-order valence-corrected chi connectivity index (χ2v) is 6.31. The van der Waals surface area contributed by atoms with Crippen LogP contribution in [0.1, 0.15) is 5.56 Å². The van der Waals surface area contributed by atoms with Gasteiger partial charge in [0.15, 0.2) is 0 Å². The lowest BCUT2D eigenvalue weighted by Gasteiger charge is -2.11. The van der Waals surface area contributed by atoms with E-state index in [2.05, 4.69) is 4.72 Å². The second-order valence-electron chi connectivity index (χ2n) is 4.22. The van der Waals surface area contributed by atoms with Gasteiger partial charge in [-0.2, -0.15) is 0 Å². The maximum Gasteiger partial charge on any atom is 0.261 e. The highest BCUT2D eigenvalue weighted by Crippen LogP contribution is 2.26. The van der Waals surface area contributed by atoms with Gasteiger partial charge in [0, 0.05) is 0 Å². The van der Waals surface area contributed by atoms with Crippen molar-refractivity contribution in [1.29, 1.82) is 0 Å². The average molecular weight is 312 g/mol. The van der Waals surface area contributed by atoms with Gasteiger partial charge in [0.05, 0.1) is 22.7 Å². The molecule has 20 heavy (non-hydrogen) atoms. The minimum absolute atomic E-state index is 0.163. The van der Waals surface area contributed by atoms with Crippen LogP contribution in [0, 0.1) is 6.92 Å². The first-order chi connectivity index (χ1) is 9.44. The van der Waals surface area contributed by atoms with Gasteiger partial charge >= 0.3 is 0 Å². The highest BCUT2D eigenvalue weighted by atomic mass is 35.5. The molecule has 0 spiro atoms. The first-order valence-corrected chi connectivity index (χ1v) is 7.72. The van der Waals surface area contributed by atoms with Crippen molar-refractivity contribution in [2.75, 3.05) is 11.8 Å². The number of halogens is 1. The Morgan fingerprint density at radius 2 is 1.85 bits per heavy atom. The first-order valence-electron chi connectivity index (χ1n) is 5.86. The topological polar surface area (TPSA) is 55.4 Å². The number of ether oxygens (including phenoxy) is 1. The lowest BCUT2D eigenvalue weighted by Crippen LogP contribution is -2.13. The van der Waals surface area contributed by atoms with E-state index in [1.165, 1.54) is 6.07 Å². The summed E-state index contributed by atoms with van der Waals surface area (Å²) in [6.07, 6.45) is 0. The highest BCUT2D eigenvalue weighted by molar-refractivity contribution is 7.92. The summed E-state index contributed by atoms with van der Waals surface area (Å²) in [7, 11) is -2.13. The van der Waals surface area contributed by atoms with Crippen molar-refractivity contribution in [2.45, 2.75) is 11.8 Å². The van der Waals surface area contributed by atoms with Gasteiger partial charge in [-0.3, -0.25) is 4.72 Å². The van der Waals surface area contributed by atoms with Crippen molar-refractivity contribution in [3.63, 3.8) is 0 Å². The van der Waals surface area contributed by atoms with Crippen LogP contribution in [0.3, 0.4) is 0 Å². The van der Waals surface area contributed by atoms with Crippen molar-refractivity contribution in [2.24, 2.45) is 0 Å². The van der Waals surface area contributed by atoms with Gasteiger partial charge in [0.25, 0.3) is 10.0 Å². The summed E-state index contributed by atoms with van der Waals surface area (Å²) in [5, 5.41) is 0.348. The number of nitrogens with one attached hydrogen (secondary N) is 1. The highest BCUT2D eigenvalue weighted by Gasteiger charge is 2.16. The molecule has 1 N–H and O–H groups in total. The molecule has 0 heterocycles. The van der Waals surface area contributed by atoms with Gasteiger partial charge in [-0.15, -0.1) is 0 Å². The average Bonchev–Trinajstić information content (AvgIpc) is 2.41. The smallest absolute Gasteiger partial charge is 0.261 e. The van der Waals surface area contributed by atoms with Gasteiger partial charge in [0.1, 0.15) is 5.75 Å². The molecule has 0 aromatic heterocycles. The minimum atomic E-state index is -3.67. The van der Waals surface area contributed by atoms with E-state index < -0.39 is 10.0 Å². The molecular formula is C14H14ClNO3S. The quantitative estimate of drug-likeness (QED) is 0.940. The molecule has 4 nitrogen and oxygen atoms in total. The molecule has 0 fully saturated rings. The van der Waals surface area contributed by atoms with Crippen LogP contribution in [0.4, 0.5) is 5.69 Å². The number of methoxy groups -OCH3 is 1. The summed E-state index contributed by atoms with van der Waals surface area (Å²) in [5.74, 6) is 0.640. The van der Waals surface area contributed by atoms with Gasteiger partial charge < -0.3 is 4.74 Å². The minimum Gasteiger partial charge on any atom is -0.496 e. The molecule has 6 heteroatoms. The number of hydrogen-bond donors (Lipinski definition) is 1. The predicted molar refractivity (Wildman–Crippen MR) is 80.0 cm³/mol. The molecule has 0 aliphatic carbocycles. The predicted octanol–water partition coefficient (Wildman–Crippen LogP) is 3.46. The Kier molecular flexibility index (Phi) is 4.20. The first kappa shape index (κ1) is 14.7. The van der Waals surface area contributed by atoms with Crippen molar-refractivity contribution in [3.8, 4) is 5.75 Å². The lowest BCUT2D eigenvalue weighted by molar-refractivity contribution is 0.411. The molecule has 0 saturated heterocycles. The molecule has 0 saturated carbocycles. The van der Waals surface area contributed by atoms with Crippen LogP contribution in [-0.2, 0) is 10.0 Å². The molecular weight excluding hydrogens is 298 g/mol. The van der Waals surface area contributed by atoms with E-state index in [9.17, 15) is 8.42 Å². The molecule has 106 valence electrons. The number of rotatable bonds is 4.